The molecule has 5 heteroatoms. The smallest absolute Gasteiger partial charge is 0.219 e. The molecule has 92 valence electrons. The molecule has 0 aliphatic heterocycles. The Balaban J connectivity index is 2.28. The van der Waals surface area contributed by atoms with Crippen molar-refractivity contribution in [3.63, 3.8) is 0 Å². The Hall–Kier alpha value is -1.65. The van der Waals surface area contributed by atoms with Crippen molar-refractivity contribution >= 4 is 28.8 Å². The summed E-state index contributed by atoms with van der Waals surface area (Å²) < 4.78 is 5.67. The number of benzene rings is 1. The summed E-state index contributed by atoms with van der Waals surface area (Å²) in [4.78, 5) is 4.43. The largest absolute Gasteiger partial charge is 0.439 e. The number of nitrogens with two attached hydrogens (primary N) is 1. The lowest BCUT2D eigenvalue weighted by Gasteiger charge is -2.08. The van der Waals surface area contributed by atoms with Crippen LogP contribution >= 0.6 is 23.8 Å². The van der Waals surface area contributed by atoms with Gasteiger partial charge in [-0.1, -0.05) is 23.8 Å². The van der Waals surface area contributed by atoms with Gasteiger partial charge in [-0.25, -0.2) is 4.98 Å². The fourth-order valence-corrected chi connectivity index (χ4v) is 1.81. The molecule has 0 amide bonds. The van der Waals surface area contributed by atoms with Gasteiger partial charge in [0, 0.05) is 22.8 Å². The third-order valence-corrected chi connectivity index (χ3v) is 2.84. The molecule has 18 heavy (non-hydrogen) atoms. The van der Waals surface area contributed by atoms with Crippen molar-refractivity contribution in [1.29, 1.82) is 0 Å². The number of pyridine rings is 1. The van der Waals surface area contributed by atoms with Crippen molar-refractivity contribution in [2.45, 2.75) is 6.92 Å². The average Bonchev–Trinajstić information content (AvgIpc) is 2.33. The van der Waals surface area contributed by atoms with Crippen LogP contribution in [0.15, 0.2) is 36.5 Å². The lowest BCUT2D eigenvalue weighted by atomic mass is 10.2. The molecular formula is C13H11ClN2OS. The van der Waals surface area contributed by atoms with E-state index in [4.69, 9.17) is 34.3 Å². The maximum absolute atomic E-state index is 5.88. The lowest BCUT2D eigenvalue weighted by Crippen LogP contribution is -2.09. The van der Waals surface area contributed by atoms with Crippen molar-refractivity contribution in [3.8, 4) is 11.6 Å². The van der Waals surface area contributed by atoms with E-state index in [0.29, 0.717) is 21.6 Å². The minimum atomic E-state index is 0.315. The SMILES string of the molecule is Cc1cc(Cl)ccc1Oc1cc(C(N)=S)ccn1. The number of ether oxygens (including phenoxy) is 1. The number of hydrogen-bond donors (Lipinski definition) is 1. The lowest BCUT2D eigenvalue weighted by molar-refractivity contribution is 0.459. The van der Waals surface area contributed by atoms with Crippen LogP contribution in [-0.4, -0.2) is 9.97 Å². The molecule has 0 radical (unpaired) electrons. The molecular weight excluding hydrogens is 268 g/mol. The van der Waals surface area contributed by atoms with Crippen LogP contribution in [0, 0.1) is 6.92 Å². The van der Waals surface area contributed by atoms with Gasteiger partial charge in [-0.3, -0.25) is 0 Å². The zero-order valence-corrected chi connectivity index (χ0v) is 11.3. The van der Waals surface area contributed by atoms with Gasteiger partial charge in [0.2, 0.25) is 5.88 Å². The molecule has 3 nitrogen and oxygen atoms in total. The zero-order chi connectivity index (χ0) is 13.1. The Bertz CT molecular complexity index is 601. The van der Waals surface area contributed by atoms with Crippen LogP contribution in [0.25, 0.3) is 0 Å². The summed E-state index contributed by atoms with van der Waals surface area (Å²) in [6.45, 7) is 1.92. The second-order valence-corrected chi connectivity index (χ2v) is 4.64. The number of halogens is 1. The Morgan fingerprint density at radius 3 is 2.78 bits per heavy atom. The van der Waals surface area contributed by atoms with E-state index in [0.717, 1.165) is 11.1 Å². The van der Waals surface area contributed by atoms with Crippen LogP contribution < -0.4 is 10.5 Å². The maximum atomic E-state index is 5.88. The van der Waals surface area contributed by atoms with Crippen LogP contribution in [0.1, 0.15) is 11.1 Å². The van der Waals surface area contributed by atoms with Gasteiger partial charge in [-0.15, -0.1) is 0 Å². The summed E-state index contributed by atoms with van der Waals surface area (Å²) in [6.07, 6.45) is 1.61. The van der Waals surface area contributed by atoms with Gasteiger partial charge < -0.3 is 10.5 Å². The summed E-state index contributed by atoms with van der Waals surface area (Å²) in [5.74, 6) is 1.15. The molecule has 1 aromatic carbocycles. The van der Waals surface area contributed by atoms with Gasteiger partial charge in [0.05, 0.1) is 0 Å². The standard InChI is InChI=1S/C13H11ClN2OS/c1-8-6-10(14)2-3-11(8)17-12-7-9(13(15)18)4-5-16-12/h2-7H,1H3,(H2,15,18). The highest BCUT2D eigenvalue weighted by molar-refractivity contribution is 7.80. The van der Waals surface area contributed by atoms with Gasteiger partial charge in [0.25, 0.3) is 0 Å². The molecule has 0 atom stereocenters. The zero-order valence-electron chi connectivity index (χ0n) is 9.68. The maximum Gasteiger partial charge on any atom is 0.219 e. The molecule has 0 saturated carbocycles. The van der Waals surface area contributed by atoms with E-state index >= 15 is 0 Å². The monoisotopic (exact) mass is 278 g/mol. The van der Waals surface area contributed by atoms with Gasteiger partial charge in [-0.05, 0) is 36.8 Å². The van der Waals surface area contributed by atoms with Crippen molar-refractivity contribution in [1.82, 2.24) is 4.98 Å². The molecule has 2 rings (SSSR count). The molecule has 0 aliphatic rings. The summed E-state index contributed by atoms with van der Waals surface area (Å²) >= 11 is 10.8. The molecule has 0 unspecified atom stereocenters. The number of aromatic nitrogens is 1. The molecule has 2 aromatic rings. The predicted molar refractivity (Wildman–Crippen MR) is 76.4 cm³/mol. The molecule has 0 bridgehead atoms. The fourth-order valence-electron chi connectivity index (χ4n) is 1.46. The van der Waals surface area contributed by atoms with Gasteiger partial charge in [0.1, 0.15) is 10.7 Å². The van der Waals surface area contributed by atoms with Crippen molar-refractivity contribution in [2.24, 2.45) is 5.73 Å². The van der Waals surface area contributed by atoms with Gasteiger partial charge in [0.15, 0.2) is 0 Å². The van der Waals surface area contributed by atoms with Crippen molar-refractivity contribution < 1.29 is 4.74 Å². The summed E-state index contributed by atoms with van der Waals surface area (Å²) in [5.41, 5.74) is 7.22. The molecule has 0 aliphatic carbocycles. The van der Waals surface area contributed by atoms with Crippen LogP contribution in [0.5, 0.6) is 11.6 Å². The van der Waals surface area contributed by atoms with E-state index in [-0.39, 0.29) is 0 Å². The number of aryl methyl sites for hydroxylation is 1. The van der Waals surface area contributed by atoms with E-state index in [2.05, 4.69) is 4.98 Å². The van der Waals surface area contributed by atoms with E-state index in [1.54, 1.807) is 30.5 Å². The highest BCUT2D eigenvalue weighted by atomic mass is 35.5. The van der Waals surface area contributed by atoms with E-state index in [1.165, 1.54) is 0 Å². The fraction of sp³-hybridized carbons (Fsp3) is 0.0769. The number of hydrogen-bond acceptors (Lipinski definition) is 3. The van der Waals surface area contributed by atoms with Crippen molar-refractivity contribution in [2.75, 3.05) is 0 Å². The second kappa shape index (κ2) is 5.33. The highest BCUT2D eigenvalue weighted by Crippen LogP contribution is 2.26. The Labute approximate surface area is 116 Å². The summed E-state index contributed by atoms with van der Waals surface area (Å²) in [6, 6.07) is 8.84. The third-order valence-electron chi connectivity index (χ3n) is 2.37. The van der Waals surface area contributed by atoms with Crippen LogP contribution in [0.2, 0.25) is 5.02 Å². The normalized spacial score (nSPS) is 10.1. The topological polar surface area (TPSA) is 48.1 Å². The molecule has 1 heterocycles. The van der Waals surface area contributed by atoms with E-state index in [1.807, 2.05) is 13.0 Å². The quantitative estimate of drug-likeness (QED) is 0.874. The minimum absolute atomic E-state index is 0.315. The summed E-state index contributed by atoms with van der Waals surface area (Å²) in [5, 5.41) is 0.671. The van der Waals surface area contributed by atoms with Crippen LogP contribution in [-0.2, 0) is 0 Å². The van der Waals surface area contributed by atoms with Gasteiger partial charge >= 0.3 is 0 Å². The molecule has 0 spiro atoms. The summed E-state index contributed by atoms with van der Waals surface area (Å²) in [7, 11) is 0. The highest BCUT2D eigenvalue weighted by Gasteiger charge is 2.05. The average molecular weight is 279 g/mol. The van der Waals surface area contributed by atoms with Gasteiger partial charge in [-0.2, -0.15) is 0 Å². The van der Waals surface area contributed by atoms with Crippen molar-refractivity contribution in [3.05, 3.63) is 52.7 Å². The first kappa shape index (κ1) is 12.8. The predicted octanol–water partition coefficient (Wildman–Crippen LogP) is 3.47. The second-order valence-electron chi connectivity index (χ2n) is 3.76. The Kier molecular flexibility index (Phi) is 3.79. The van der Waals surface area contributed by atoms with E-state index < -0.39 is 0 Å². The van der Waals surface area contributed by atoms with E-state index in [9.17, 15) is 0 Å². The molecule has 2 N–H and O–H groups in total. The van der Waals surface area contributed by atoms with Crippen LogP contribution in [0.3, 0.4) is 0 Å². The number of thiocarbonyl (C=S) groups is 1. The number of nitrogens with zero attached hydrogens (tertiary/aromatic N) is 1. The first-order valence-corrected chi connectivity index (χ1v) is 6.05. The molecule has 0 fully saturated rings. The Morgan fingerprint density at radius 1 is 1.33 bits per heavy atom. The number of rotatable bonds is 3. The Morgan fingerprint density at radius 2 is 2.11 bits per heavy atom. The first-order valence-electron chi connectivity index (χ1n) is 5.26. The molecule has 1 aromatic heterocycles. The minimum Gasteiger partial charge on any atom is -0.439 e. The van der Waals surface area contributed by atoms with Crippen LogP contribution in [0.4, 0.5) is 0 Å². The first-order chi connectivity index (χ1) is 8.56. The third kappa shape index (κ3) is 2.97. The molecule has 0 saturated heterocycles.